The Bertz CT molecular complexity index is 977. The van der Waals surface area contributed by atoms with Gasteiger partial charge < -0.3 is 20.5 Å². The molecule has 1 saturated carbocycles. The molecule has 0 saturated heterocycles. The first kappa shape index (κ1) is 20.7. The Kier molecular flexibility index (Phi) is 5.71. The molecule has 1 heterocycles. The number of ether oxygens (including phenoxy) is 1. The first-order valence-corrected chi connectivity index (χ1v) is 10.8. The van der Waals surface area contributed by atoms with Crippen molar-refractivity contribution in [3.05, 3.63) is 52.5 Å². The van der Waals surface area contributed by atoms with E-state index >= 15 is 0 Å². The van der Waals surface area contributed by atoms with Gasteiger partial charge in [-0.1, -0.05) is 41.3 Å². The molecule has 7 nitrogen and oxygen atoms in total. The second-order valence-electron chi connectivity index (χ2n) is 7.64. The van der Waals surface area contributed by atoms with E-state index in [-0.39, 0.29) is 6.04 Å². The molecule has 2 aromatic rings. The van der Waals surface area contributed by atoms with E-state index in [4.69, 9.17) is 4.74 Å². The number of nitrogens with zero attached hydrogens (tertiary/aromatic N) is 1. The molecule has 1 unspecified atom stereocenters. The quantitative estimate of drug-likeness (QED) is 0.623. The number of aliphatic hydroxyl groups is 1. The predicted octanol–water partition coefficient (Wildman–Crippen LogP) is 4.10. The van der Waals surface area contributed by atoms with Gasteiger partial charge in [0.05, 0.1) is 18.5 Å². The number of anilines is 2. The van der Waals surface area contributed by atoms with Crippen LogP contribution in [0.4, 0.5) is 16.2 Å². The lowest BCUT2D eigenvalue weighted by Gasteiger charge is -2.43. The Labute approximate surface area is 183 Å². The third-order valence-corrected chi connectivity index (χ3v) is 6.19. The van der Waals surface area contributed by atoms with Crippen LogP contribution in [0.5, 0.6) is 5.75 Å². The van der Waals surface area contributed by atoms with Crippen LogP contribution in [0.25, 0.3) is 0 Å². The van der Waals surface area contributed by atoms with E-state index in [0.717, 1.165) is 37.0 Å². The van der Waals surface area contributed by atoms with Gasteiger partial charge in [-0.15, -0.1) is 0 Å². The van der Waals surface area contributed by atoms with E-state index in [1.165, 1.54) is 7.11 Å². The fraction of sp³-hybridized carbons (Fsp3) is 0.364. The number of amides is 3. The third kappa shape index (κ3) is 3.65. The molecule has 0 aromatic heterocycles. The van der Waals surface area contributed by atoms with Gasteiger partial charge in [-0.05, 0) is 43.2 Å². The van der Waals surface area contributed by atoms with Crippen molar-refractivity contribution >= 4 is 39.2 Å². The Morgan fingerprint density at radius 3 is 2.73 bits per heavy atom. The normalized spacial score (nSPS) is 21.6. The number of carbonyl (C=O) groups is 2. The largest absolute Gasteiger partial charge is 0.497 e. The van der Waals surface area contributed by atoms with Gasteiger partial charge in [-0.25, -0.2) is 4.79 Å². The molecule has 0 radical (unpaired) electrons. The lowest BCUT2D eigenvalue weighted by atomic mass is 9.92. The van der Waals surface area contributed by atoms with E-state index in [1.54, 1.807) is 42.5 Å². The molecule has 2 aliphatic rings. The molecule has 30 heavy (non-hydrogen) atoms. The maximum absolute atomic E-state index is 13.5. The van der Waals surface area contributed by atoms with E-state index in [2.05, 4.69) is 26.6 Å². The summed E-state index contributed by atoms with van der Waals surface area (Å²) in [6.07, 6.45) is 4.93. The summed E-state index contributed by atoms with van der Waals surface area (Å²) < 4.78 is 5.96. The highest BCUT2D eigenvalue weighted by Gasteiger charge is 2.52. The highest BCUT2D eigenvalue weighted by Crippen LogP contribution is 2.42. The van der Waals surface area contributed by atoms with E-state index in [1.807, 2.05) is 0 Å². The molecule has 1 aliphatic carbocycles. The van der Waals surface area contributed by atoms with Gasteiger partial charge in [0.15, 0.2) is 0 Å². The molecule has 4 rings (SSSR count). The summed E-state index contributed by atoms with van der Waals surface area (Å²) in [7, 11) is 1.52. The summed E-state index contributed by atoms with van der Waals surface area (Å²) >= 11 is 3.41. The first-order chi connectivity index (χ1) is 14.4. The van der Waals surface area contributed by atoms with Crippen molar-refractivity contribution in [2.24, 2.45) is 0 Å². The second kappa shape index (κ2) is 8.28. The summed E-state index contributed by atoms with van der Waals surface area (Å²) in [5.74, 6) is -0.109. The van der Waals surface area contributed by atoms with Crippen LogP contribution >= 0.6 is 15.9 Å². The van der Waals surface area contributed by atoms with Gasteiger partial charge in [0.1, 0.15) is 5.75 Å². The van der Waals surface area contributed by atoms with Gasteiger partial charge in [0.25, 0.3) is 11.6 Å². The zero-order valence-corrected chi connectivity index (χ0v) is 18.2. The second-order valence-corrected chi connectivity index (χ2v) is 8.55. The minimum atomic E-state index is -2.22. The minimum Gasteiger partial charge on any atom is -0.497 e. The molecule has 158 valence electrons. The number of urea groups is 1. The van der Waals surface area contributed by atoms with Crippen LogP contribution in [0.2, 0.25) is 0 Å². The average molecular weight is 474 g/mol. The minimum absolute atomic E-state index is 0.0250. The number of fused-ring (bicyclic) bond motifs is 1. The van der Waals surface area contributed by atoms with Crippen LogP contribution in [0, 0.1) is 0 Å². The van der Waals surface area contributed by atoms with Crippen LogP contribution < -0.4 is 20.3 Å². The van der Waals surface area contributed by atoms with Crippen molar-refractivity contribution in [2.45, 2.75) is 43.9 Å². The number of benzene rings is 2. The van der Waals surface area contributed by atoms with Crippen LogP contribution in [-0.4, -0.2) is 30.2 Å². The van der Waals surface area contributed by atoms with Crippen molar-refractivity contribution in [2.75, 3.05) is 17.3 Å². The first-order valence-electron chi connectivity index (χ1n) is 10.0. The predicted molar refractivity (Wildman–Crippen MR) is 118 cm³/mol. The number of hydrogen-bond acceptors (Lipinski definition) is 4. The Morgan fingerprint density at radius 1 is 1.23 bits per heavy atom. The summed E-state index contributed by atoms with van der Waals surface area (Å²) in [6.45, 7) is 0. The number of nitrogens with one attached hydrogen (secondary N) is 2. The Hall–Kier alpha value is -2.58. The SMILES string of the molecule is COc1cccc(N2C(=O)Nc3ccc(Br)cc3C2(O)C(=O)NC2CCCCC2)c1. The smallest absolute Gasteiger partial charge is 0.329 e. The van der Waals surface area contributed by atoms with Gasteiger partial charge in [-0.2, -0.15) is 0 Å². The maximum Gasteiger partial charge on any atom is 0.329 e. The Morgan fingerprint density at radius 2 is 2.00 bits per heavy atom. The number of hydrogen-bond donors (Lipinski definition) is 3. The monoisotopic (exact) mass is 473 g/mol. The molecule has 8 heteroatoms. The van der Waals surface area contributed by atoms with Gasteiger partial charge >= 0.3 is 6.03 Å². The average Bonchev–Trinajstić information content (AvgIpc) is 2.75. The van der Waals surface area contributed by atoms with Gasteiger partial charge in [0.2, 0.25) is 0 Å². The summed E-state index contributed by atoms with van der Waals surface area (Å²) in [5, 5.41) is 17.6. The van der Waals surface area contributed by atoms with Crippen molar-refractivity contribution in [1.82, 2.24) is 5.32 Å². The van der Waals surface area contributed by atoms with Gasteiger partial charge in [0, 0.05) is 22.1 Å². The molecule has 1 atom stereocenters. The van der Waals surface area contributed by atoms with E-state index in [9.17, 15) is 14.7 Å². The lowest BCUT2D eigenvalue weighted by molar-refractivity contribution is -0.141. The van der Waals surface area contributed by atoms with Crippen LogP contribution in [0.15, 0.2) is 46.9 Å². The number of rotatable bonds is 4. The van der Waals surface area contributed by atoms with Crippen molar-refractivity contribution in [3.8, 4) is 5.75 Å². The summed E-state index contributed by atoms with van der Waals surface area (Å²) in [6, 6.07) is 11.2. The van der Waals surface area contributed by atoms with Crippen LogP contribution in [-0.2, 0) is 10.5 Å². The number of carbonyl (C=O) groups excluding carboxylic acids is 2. The standard InChI is InChI=1S/C22H24BrN3O4/c1-30-17-9-5-8-16(13-17)26-21(28)25-19-11-10-14(23)12-18(19)22(26,29)20(27)24-15-6-3-2-4-7-15/h5,8-13,15,29H,2-4,6-7H2,1H3,(H,24,27)(H,25,28). The molecular weight excluding hydrogens is 450 g/mol. The third-order valence-electron chi connectivity index (χ3n) is 5.69. The Balaban J connectivity index is 1.82. The van der Waals surface area contributed by atoms with Crippen molar-refractivity contribution in [1.29, 1.82) is 0 Å². The molecular formula is C22H24BrN3O4. The van der Waals surface area contributed by atoms with Crippen LogP contribution in [0.1, 0.15) is 37.7 Å². The summed E-state index contributed by atoms with van der Waals surface area (Å²) in [5.41, 5.74) is -1.18. The fourth-order valence-electron chi connectivity index (χ4n) is 4.16. The molecule has 0 spiro atoms. The molecule has 2 aromatic carbocycles. The van der Waals surface area contributed by atoms with E-state index in [0.29, 0.717) is 27.2 Å². The van der Waals surface area contributed by atoms with Crippen molar-refractivity contribution in [3.63, 3.8) is 0 Å². The molecule has 3 N–H and O–H groups in total. The van der Waals surface area contributed by atoms with Crippen molar-refractivity contribution < 1.29 is 19.4 Å². The lowest BCUT2D eigenvalue weighted by Crippen LogP contribution is -2.63. The van der Waals surface area contributed by atoms with Crippen LogP contribution in [0.3, 0.4) is 0 Å². The maximum atomic E-state index is 13.5. The highest BCUT2D eigenvalue weighted by atomic mass is 79.9. The topological polar surface area (TPSA) is 90.9 Å². The highest BCUT2D eigenvalue weighted by molar-refractivity contribution is 9.10. The molecule has 1 fully saturated rings. The van der Waals surface area contributed by atoms with E-state index < -0.39 is 17.7 Å². The zero-order chi connectivity index (χ0) is 21.3. The number of halogens is 1. The molecule has 0 bridgehead atoms. The summed E-state index contributed by atoms with van der Waals surface area (Å²) in [4.78, 5) is 27.7. The van der Waals surface area contributed by atoms with Gasteiger partial charge in [-0.3, -0.25) is 9.69 Å². The zero-order valence-electron chi connectivity index (χ0n) is 16.7. The fourth-order valence-corrected chi connectivity index (χ4v) is 4.52. The molecule has 3 amide bonds. The molecule has 1 aliphatic heterocycles. The number of methoxy groups -OCH3 is 1.